The summed E-state index contributed by atoms with van der Waals surface area (Å²) in [6.07, 6.45) is 2.07. The molecule has 0 aliphatic heterocycles. The third-order valence-corrected chi connectivity index (χ3v) is 4.10. The van der Waals surface area contributed by atoms with Crippen LogP contribution in [-0.2, 0) is 0 Å². The molecule has 0 saturated heterocycles. The van der Waals surface area contributed by atoms with Crippen molar-refractivity contribution in [2.45, 2.75) is 45.4 Å². The minimum Gasteiger partial charge on any atom is -0.198 e. The Morgan fingerprint density at radius 3 is 2.59 bits per heavy atom. The van der Waals surface area contributed by atoms with Crippen molar-refractivity contribution in [1.82, 2.24) is 0 Å². The average molecular weight is 247 g/mol. The van der Waals surface area contributed by atoms with E-state index in [1.807, 2.05) is 25.6 Å². The van der Waals surface area contributed by atoms with Crippen molar-refractivity contribution < 1.29 is 0 Å². The van der Waals surface area contributed by atoms with Crippen molar-refractivity contribution in [3.05, 3.63) is 29.3 Å². The van der Waals surface area contributed by atoms with Crippen LogP contribution >= 0.6 is 11.8 Å². The van der Waals surface area contributed by atoms with Gasteiger partial charge in [0.2, 0.25) is 0 Å². The third kappa shape index (κ3) is 4.83. The molecule has 0 unspecified atom stereocenters. The molecule has 1 nitrogen and oxygen atoms in total. The molecule has 0 amide bonds. The molecule has 0 heterocycles. The maximum Gasteiger partial charge on any atom is 0.0683 e. The van der Waals surface area contributed by atoms with Gasteiger partial charge < -0.3 is 0 Å². The zero-order valence-electron chi connectivity index (χ0n) is 11.2. The van der Waals surface area contributed by atoms with Crippen LogP contribution in [-0.4, -0.2) is 5.75 Å². The number of thioether (sulfide) groups is 1. The van der Waals surface area contributed by atoms with Crippen molar-refractivity contribution in [2.75, 3.05) is 5.75 Å². The topological polar surface area (TPSA) is 23.8 Å². The van der Waals surface area contributed by atoms with Gasteiger partial charge in [-0.05, 0) is 57.9 Å². The van der Waals surface area contributed by atoms with Gasteiger partial charge >= 0.3 is 0 Å². The average Bonchev–Trinajstić information content (AvgIpc) is 2.27. The van der Waals surface area contributed by atoms with Crippen LogP contribution in [0, 0.1) is 30.6 Å². The summed E-state index contributed by atoms with van der Waals surface area (Å²) in [6, 6.07) is 8.93. The Balaban J connectivity index is 2.39. The summed E-state index contributed by atoms with van der Waals surface area (Å²) >= 11 is 1.90. The molecule has 92 valence electrons. The highest BCUT2D eigenvalue weighted by atomic mass is 32.2. The van der Waals surface area contributed by atoms with Gasteiger partial charge in [0.1, 0.15) is 0 Å². The zero-order valence-corrected chi connectivity index (χ0v) is 12.0. The molecule has 0 bridgehead atoms. The van der Waals surface area contributed by atoms with Crippen LogP contribution in [0.4, 0.5) is 0 Å². The summed E-state index contributed by atoms with van der Waals surface area (Å²) in [7, 11) is 0. The number of hydrogen-bond donors (Lipinski definition) is 0. The van der Waals surface area contributed by atoms with Gasteiger partial charge in [0, 0.05) is 4.90 Å². The number of nitrogens with zero attached hydrogens (tertiary/aromatic N) is 1. The summed E-state index contributed by atoms with van der Waals surface area (Å²) in [4.78, 5) is 1.37. The molecule has 0 aliphatic carbocycles. The lowest BCUT2D eigenvalue weighted by Crippen LogP contribution is -2.07. The predicted octanol–water partition coefficient (Wildman–Crippen LogP) is 4.73. The lowest BCUT2D eigenvalue weighted by atomic mass is 9.90. The number of benzene rings is 1. The fraction of sp³-hybridized carbons (Fsp3) is 0.533. The van der Waals surface area contributed by atoms with Gasteiger partial charge in [0.25, 0.3) is 0 Å². The minimum atomic E-state index is -0.178. The van der Waals surface area contributed by atoms with E-state index in [9.17, 15) is 0 Å². The maximum atomic E-state index is 8.93. The molecular formula is C15H21NS. The molecule has 0 spiro atoms. The van der Waals surface area contributed by atoms with E-state index >= 15 is 0 Å². The van der Waals surface area contributed by atoms with E-state index in [0.29, 0.717) is 0 Å². The molecule has 1 rings (SSSR count). The quantitative estimate of drug-likeness (QED) is 0.555. The molecule has 0 N–H and O–H groups in total. The highest BCUT2D eigenvalue weighted by Gasteiger charge is 2.15. The predicted molar refractivity (Wildman–Crippen MR) is 75.3 cm³/mol. The van der Waals surface area contributed by atoms with Crippen LogP contribution < -0.4 is 0 Å². The van der Waals surface area contributed by atoms with E-state index in [2.05, 4.69) is 38.1 Å². The Morgan fingerprint density at radius 1 is 1.29 bits per heavy atom. The molecule has 0 atom stereocenters. The van der Waals surface area contributed by atoms with Crippen molar-refractivity contribution in [3.63, 3.8) is 0 Å². The third-order valence-electron chi connectivity index (χ3n) is 2.84. The zero-order chi connectivity index (χ0) is 12.9. The maximum absolute atomic E-state index is 8.93. The second kappa shape index (κ2) is 6.12. The summed E-state index contributed by atoms with van der Waals surface area (Å²) in [6.45, 7) is 8.30. The van der Waals surface area contributed by atoms with Gasteiger partial charge in [-0.25, -0.2) is 0 Å². The molecule has 0 fully saturated rings. The van der Waals surface area contributed by atoms with E-state index in [4.69, 9.17) is 5.26 Å². The molecule has 2 heteroatoms. The minimum absolute atomic E-state index is 0.178. The van der Waals surface area contributed by atoms with Gasteiger partial charge in [-0.1, -0.05) is 17.7 Å². The van der Waals surface area contributed by atoms with Crippen LogP contribution in [0.5, 0.6) is 0 Å². The first-order valence-electron chi connectivity index (χ1n) is 6.06. The molecule has 0 radical (unpaired) electrons. The normalized spacial score (nSPS) is 11.2. The standard InChI is InChI=1S/C15H21NS/c1-12-6-7-14(13(2)10-12)17-9-5-8-15(3,4)11-16/h6-7,10H,5,8-9H2,1-4H3. The van der Waals surface area contributed by atoms with Gasteiger partial charge in [-0.15, -0.1) is 11.8 Å². The Bertz CT molecular complexity index is 415. The van der Waals surface area contributed by atoms with Crippen LogP contribution in [0.2, 0.25) is 0 Å². The van der Waals surface area contributed by atoms with Gasteiger partial charge in [-0.3, -0.25) is 0 Å². The fourth-order valence-corrected chi connectivity index (χ4v) is 2.67. The van der Waals surface area contributed by atoms with Gasteiger partial charge in [0.15, 0.2) is 0 Å². The largest absolute Gasteiger partial charge is 0.198 e. The van der Waals surface area contributed by atoms with Crippen molar-refractivity contribution in [2.24, 2.45) is 5.41 Å². The van der Waals surface area contributed by atoms with Gasteiger partial charge in [0.05, 0.1) is 11.5 Å². The van der Waals surface area contributed by atoms with Crippen LogP contribution in [0.25, 0.3) is 0 Å². The van der Waals surface area contributed by atoms with Crippen LogP contribution in [0.1, 0.15) is 37.8 Å². The molecule has 0 aliphatic rings. The van der Waals surface area contributed by atoms with E-state index < -0.39 is 0 Å². The van der Waals surface area contributed by atoms with E-state index in [-0.39, 0.29) is 5.41 Å². The number of aryl methyl sites for hydroxylation is 2. The summed E-state index contributed by atoms with van der Waals surface area (Å²) in [5.74, 6) is 1.09. The Morgan fingerprint density at radius 2 is 2.00 bits per heavy atom. The molecule has 1 aromatic carbocycles. The smallest absolute Gasteiger partial charge is 0.0683 e. The van der Waals surface area contributed by atoms with E-state index in [0.717, 1.165) is 18.6 Å². The second-order valence-electron chi connectivity index (χ2n) is 5.22. The fourth-order valence-electron chi connectivity index (χ4n) is 1.71. The first kappa shape index (κ1) is 14.1. The molecule has 1 aromatic rings. The molecule has 0 saturated carbocycles. The monoisotopic (exact) mass is 247 g/mol. The SMILES string of the molecule is Cc1ccc(SCCCC(C)(C)C#N)c(C)c1. The van der Waals surface area contributed by atoms with Crippen molar-refractivity contribution >= 4 is 11.8 Å². The number of hydrogen-bond acceptors (Lipinski definition) is 2. The van der Waals surface area contributed by atoms with Crippen molar-refractivity contribution in [1.29, 1.82) is 5.26 Å². The number of nitriles is 1. The van der Waals surface area contributed by atoms with E-state index in [1.54, 1.807) is 0 Å². The Labute approximate surface area is 109 Å². The second-order valence-corrected chi connectivity index (χ2v) is 6.35. The van der Waals surface area contributed by atoms with Gasteiger partial charge in [-0.2, -0.15) is 5.26 Å². The lowest BCUT2D eigenvalue weighted by Gasteiger charge is -2.14. The summed E-state index contributed by atoms with van der Waals surface area (Å²) in [5.41, 5.74) is 2.50. The summed E-state index contributed by atoms with van der Waals surface area (Å²) in [5, 5.41) is 8.93. The van der Waals surface area contributed by atoms with Crippen molar-refractivity contribution in [3.8, 4) is 6.07 Å². The van der Waals surface area contributed by atoms with Crippen LogP contribution in [0.15, 0.2) is 23.1 Å². The molecular weight excluding hydrogens is 226 g/mol. The van der Waals surface area contributed by atoms with E-state index in [1.165, 1.54) is 16.0 Å². The highest BCUT2D eigenvalue weighted by Crippen LogP contribution is 2.27. The molecule has 17 heavy (non-hydrogen) atoms. The Hall–Kier alpha value is -0.940. The summed E-state index contributed by atoms with van der Waals surface area (Å²) < 4.78 is 0. The Kier molecular flexibility index (Phi) is 5.08. The number of rotatable bonds is 5. The lowest BCUT2D eigenvalue weighted by molar-refractivity contribution is 0.448. The first-order valence-corrected chi connectivity index (χ1v) is 7.04. The highest BCUT2D eigenvalue weighted by molar-refractivity contribution is 7.99. The first-order chi connectivity index (χ1) is 7.94. The van der Waals surface area contributed by atoms with Crippen LogP contribution in [0.3, 0.4) is 0 Å². The molecule has 0 aromatic heterocycles.